The monoisotopic (exact) mass is 571 g/mol. The lowest BCUT2D eigenvalue weighted by Crippen LogP contribution is -2.43. The van der Waals surface area contributed by atoms with Crippen LogP contribution in [0.15, 0.2) is 58.4 Å². The Bertz CT molecular complexity index is 1470. The van der Waals surface area contributed by atoms with E-state index in [2.05, 4.69) is 4.98 Å². The number of rotatable bonds is 5. The zero-order chi connectivity index (χ0) is 26.4. The summed E-state index contributed by atoms with van der Waals surface area (Å²) >= 11 is 8.61. The molecule has 3 aliphatic heterocycles. The number of amides is 3. The lowest BCUT2D eigenvalue weighted by Gasteiger charge is -2.31. The molecule has 4 heterocycles. The fraction of sp³-hybridized carbons (Fsp3) is 0.308. The summed E-state index contributed by atoms with van der Waals surface area (Å²) in [6, 6.07) is 13.8. The molecule has 2 fully saturated rings. The summed E-state index contributed by atoms with van der Waals surface area (Å²) in [5.41, 5.74) is 1.04. The van der Waals surface area contributed by atoms with Crippen molar-refractivity contribution in [3.05, 3.63) is 73.7 Å². The van der Waals surface area contributed by atoms with Crippen LogP contribution in [0, 0.1) is 5.92 Å². The maximum atomic E-state index is 13.9. The Kier molecular flexibility index (Phi) is 6.77. The van der Waals surface area contributed by atoms with E-state index in [0.717, 1.165) is 11.3 Å². The summed E-state index contributed by atoms with van der Waals surface area (Å²) in [7, 11) is 0. The lowest BCUT2D eigenvalue weighted by atomic mass is 9.82. The number of nitrogens with one attached hydrogen (secondary N) is 1. The number of hydrogen-bond donors (Lipinski definition) is 1. The normalized spacial score (nSPS) is 22.8. The number of aromatic amines is 1. The summed E-state index contributed by atoms with van der Waals surface area (Å²) in [5.74, 6) is -1.96. The first-order chi connectivity index (χ1) is 18.4. The summed E-state index contributed by atoms with van der Waals surface area (Å²) in [4.78, 5) is 58.7. The molecule has 0 saturated carbocycles. The van der Waals surface area contributed by atoms with Crippen molar-refractivity contribution in [2.45, 2.75) is 16.2 Å². The highest BCUT2D eigenvalue weighted by Crippen LogP contribution is 2.54. The van der Waals surface area contributed by atoms with Gasteiger partial charge < -0.3 is 19.4 Å². The summed E-state index contributed by atoms with van der Waals surface area (Å²) in [6.07, 6.45) is 0. The van der Waals surface area contributed by atoms with E-state index < -0.39 is 17.1 Å². The number of carbonyl (C=O) groups is 3. The Balaban J connectivity index is 1.39. The highest BCUT2D eigenvalue weighted by atomic mass is 35.5. The molecule has 3 atom stereocenters. The number of halogens is 1. The van der Waals surface area contributed by atoms with Crippen LogP contribution in [0.4, 0.5) is 5.69 Å². The van der Waals surface area contributed by atoms with Crippen molar-refractivity contribution in [2.75, 3.05) is 37.8 Å². The average molecular weight is 572 g/mol. The van der Waals surface area contributed by atoms with Gasteiger partial charge in [0.2, 0.25) is 11.8 Å². The zero-order valence-electron chi connectivity index (χ0n) is 19.9. The van der Waals surface area contributed by atoms with Gasteiger partial charge in [0.15, 0.2) is 6.61 Å². The fourth-order valence-corrected chi connectivity index (χ4v) is 7.81. The summed E-state index contributed by atoms with van der Waals surface area (Å²) in [5, 5.41) is 0.215. The smallest absolute Gasteiger partial charge is 0.305 e. The molecule has 1 aromatic heterocycles. The number of ether oxygens (including phenoxy) is 2. The van der Waals surface area contributed by atoms with Gasteiger partial charge in [-0.25, -0.2) is 4.90 Å². The maximum Gasteiger partial charge on any atom is 0.305 e. The van der Waals surface area contributed by atoms with Crippen LogP contribution in [0.2, 0.25) is 5.02 Å². The number of anilines is 1. The molecule has 3 amide bonds. The maximum absolute atomic E-state index is 13.9. The van der Waals surface area contributed by atoms with Crippen molar-refractivity contribution in [1.82, 2.24) is 9.88 Å². The minimum atomic E-state index is -0.789. The Morgan fingerprint density at radius 2 is 1.84 bits per heavy atom. The minimum Gasteiger partial charge on any atom is -0.483 e. The number of para-hydroxylation sites is 1. The molecule has 12 heteroatoms. The van der Waals surface area contributed by atoms with E-state index in [1.54, 1.807) is 47.4 Å². The van der Waals surface area contributed by atoms with Crippen molar-refractivity contribution in [3.63, 3.8) is 0 Å². The topological polar surface area (TPSA) is 109 Å². The van der Waals surface area contributed by atoms with Gasteiger partial charge in [0.1, 0.15) is 11.0 Å². The van der Waals surface area contributed by atoms with Crippen LogP contribution < -0.4 is 14.5 Å². The Hall–Kier alpha value is -3.12. The van der Waals surface area contributed by atoms with Gasteiger partial charge in [0.25, 0.3) is 5.91 Å². The van der Waals surface area contributed by atoms with Gasteiger partial charge in [-0.05, 0) is 30.3 Å². The van der Waals surface area contributed by atoms with Crippen LogP contribution in [0.1, 0.15) is 16.4 Å². The third-order valence-corrected chi connectivity index (χ3v) is 9.50. The zero-order valence-corrected chi connectivity index (χ0v) is 22.3. The molecule has 3 aromatic rings. The van der Waals surface area contributed by atoms with E-state index in [0.29, 0.717) is 58.2 Å². The molecule has 0 unspecified atom stereocenters. The number of H-pyrrole nitrogens is 1. The van der Waals surface area contributed by atoms with Crippen LogP contribution in [-0.4, -0.2) is 65.8 Å². The first kappa shape index (κ1) is 25.2. The Labute approximate surface area is 230 Å². The lowest BCUT2D eigenvalue weighted by molar-refractivity contribution is -0.137. The molecule has 9 nitrogen and oxygen atoms in total. The van der Waals surface area contributed by atoms with E-state index in [-0.39, 0.29) is 29.2 Å². The van der Waals surface area contributed by atoms with Gasteiger partial charge in [-0.3, -0.25) is 19.2 Å². The number of benzene rings is 2. The van der Waals surface area contributed by atoms with Crippen molar-refractivity contribution in [3.8, 4) is 5.75 Å². The Morgan fingerprint density at radius 3 is 2.61 bits per heavy atom. The fourth-order valence-electron chi connectivity index (χ4n) is 5.12. The molecule has 0 radical (unpaired) electrons. The molecule has 3 aliphatic rings. The van der Waals surface area contributed by atoms with Gasteiger partial charge in [-0.2, -0.15) is 0 Å². The van der Waals surface area contributed by atoms with Crippen molar-refractivity contribution in [1.29, 1.82) is 0 Å². The van der Waals surface area contributed by atoms with Crippen molar-refractivity contribution < 1.29 is 23.9 Å². The summed E-state index contributed by atoms with van der Waals surface area (Å²) in [6.45, 7) is 1.73. The van der Waals surface area contributed by atoms with Crippen LogP contribution in [-0.2, 0) is 19.1 Å². The number of imide groups is 1. The number of aromatic nitrogens is 1. The van der Waals surface area contributed by atoms with E-state index in [1.165, 1.54) is 16.7 Å². The van der Waals surface area contributed by atoms with Gasteiger partial charge >= 0.3 is 4.87 Å². The predicted molar refractivity (Wildman–Crippen MR) is 143 cm³/mol. The standard InChI is InChI=1S/C26H22ClN3O6S2/c27-14-6-7-17(36-13-18(31)29-8-10-35-11-9-29)16(12-14)19-20-22(37-23-21(19)38-26(34)28-23)25(33)30(24(20)32)15-4-2-1-3-5-15/h1-7,12,19-20,22H,8-11,13H2,(H,28,34)/t19-,20-,22+/m0/s1. The van der Waals surface area contributed by atoms with Crippen LogP contribution in [0.5, 0.6) is 5.75 Å². The molecule has 2 saturated heterocycles. The van der Waals surface area contributed by atoms with Crippen LogP contribution in [0.3, 0.4) is 0 Å². The second kappa shape index (κ2) is 10.2. The van der Waals surface area contributed by atoms with Crippen molar-refractivity contribution >= 4 is 58.1 Å². The van der Waals surface area contributed by atoms with Gasteiger partial charge in [0, 0.05) is 34.5 Å². The number of thiazole rings is 1. The van der Waals surface area contributed by atoms with Gasteiger partial charge in [-0.15, -0.1) is 0 Å². The summed E-state index contributed by atoms with van der Waals surface area (Å²) < 4.78 is 11.3. The third-order valence-electron chi connectivity index (χ3n) is 6.86. The molecule has 0 bridgehead atoms. The molecular formula is C26H22ClN3O6S2. The number of nitrogens with zero attached hydrogens (tertiary/aromatic N) is 2. The minimum absolute atomic E-state index is 0.180. The first-order valence-electron chi connectivity index (χ1n) is 12.0. The van der Waals surface area contributed by atoms with Gasteiger partial charge in [0.05, 0.1) is 29.8 Å². The quantitative estimate of drug-likeness (QED) is 0.469. The van der Waals surface area contributed by atoms with Crippen LogP contribution >= 0.6 is 34.7 Å². The number of morpholine rings is 1. The van der Waals surface area contributed by atoms with Crippen LogP contribution in [0.25, 0.3) is 0 Å². The second-order valence-corrected chi connectivity index (χ2v) is 11.7. The molecule has 2 aromatic carbocycles. The SMILES string of the molecule is O=C(COc1ccc(Cl)cc1[C@@H]1c2sc(=O)[nH]c2S[C@H]2C(=O)N(c3ccccc3)C(=O)[C@@H]12)N1CCOCC1. The van der Waals surface area contributed by atoms with Crippen molar-refractivity contribution in [2.24, 2.45) is 5.92 Å². The second-order valence-electron chi connectivity index (χ2n) is 9.06. The molecular weight excluding hydrogens is 550 g/mol. The van der Waals surface area contributed by atoms with E-state index in [1.807, 2.05) is 6.07 Å². The third kappa shape index (κ3) is 4.43. The van der Waals surface area contributed by atoms with Gasteiger partial charge in [-0.1, -0.05) is 52.9 Å². The molecule has 1 N–H and O–H groups in total. The molecule has 6 rings (SSSR count). The first-order valence-corrected chi connectivity index (χ1v) is 14.1. The predicted octanol–water partition coefficient (Wildman–Crippen LogP) is 3.12. The highest BCUT2D eigenvalue weighted by molar-refractivity contribution is 8.00. The van der Waals surface area contributed by atoms with E-state index >= 15 is 0 Å². The van der Waals surface area contributed by atoms with E-state index in [4.69, 9.17) is 21.1 Å². The molecule has 0 aliphatic carbocycles. The number of fused-ring (bicyclic) bond motifs is 2. The number of hydrogen-bond acceptors (Lipinski definition) is 8. The van der Waals surface area contributed by atoms with E-state index in [9.17, 15) is 19.2 Å². The number of carbonyl (C=O) groups excluding carboxylic acids is 3. The number of thioether (sulfide) groups is 1. The average Bonchev–Trinajstić information content (AvgIpc) is 3.42. The highest BCUT2D eigenvalue weighted by Gasteiger charge is 2.56. The largest absolute Gasteiger partial charge is 0.483 e. The molecule has 196 valence electrons. The Morgan fingerprint density at radius 1 is 1.08 bits per heavy atom. The molecule has 0 spiro atoms. The molecule has 38 heavy (non-hydrogen) atoms.